The van der Waals surface area contributed by atoms with E-state index in [0.717, 1.165) is 54.1 Å². The first-order valence-corrected chi connectivity index (χ1v) is 11.5. The van der Waals surface area contributed by atoms with Gasteiger partial charge >= 0.3 is 0 Å². The Morgan fingerprint density at radius 1 is 0.906 bits per heavy atom. The number of anilines is 1. The molecule has 2 atom stereocenters. The van der Waals surface area contributed by atoms with E-state index >= 15 is 0 Å². The molecule has 1 amide bonds. The molecule has 0 N–H and O–H groups in total. The molecule has 0 spiro atoms. The van der Waals surface area contributed by atoms with Crippen molar-refractivity contribution < 1.29 is 19.0 Å². The van der Waals surface area contributed by atoms with Gasteiger partial charge in [0.05, 0.1) is 38.8 Å². The van der Waals surface area contributed by atoms with Crippen molar-refractivity contribution in [2.45, 2.75) is 50.5 Å². The zero-order chi connectivity index (χ0) is 22.2. The zero-order valence-electron chi connectivity index (χ0n) is 19.0. The second-order valence-corrected chi connectivity index (χ2v) is 8.77. The lowest BCUT2D eigenvalue weighted by Crippen LogP contribution is -2.30. The Morgan fingerprint density at radius 3 is 2.38 bits per heavy atom. The van der Waals surface area contributed by atoms with Crippen LogP contribution in [-0.4, -0.2) is 45.5 Å². The third-order valence-corrected chi connectivity index (χ3v) is 7.05. The summed E-state index contributed by atoms with van der Waals surface area (Å²) in [6, 6.07) is 10.5. The highest BCUT2D eigenvalue weighted by atomic mass is 16.5. The SMILES string of the molecule is COc1cc2c(cc1OC)C1CCCCC1N=C2c1ccc(OC)c(N2CCCC2=O)c1. The lowest BCUT2D eigenvalue weighted by atomic mass is 9.75. The van der Waals surface area contributed by atoms with Crippen molar-refractivity contribution in [3.8, 4) is 17.2 Å². The number of rotatable bonds is 5. The maximum absolute atomic E-state index is 12.5. The van der Waals surface area contributed by atoms with Crippen LogP contribution < -0.4 is 19.1 Å². The quantitative estimate of drug-likeness (QED) is 0.683. The highest BCUT2D eigenvalue weighted by Crippen LogP contribution is 2.45. The zero-order valence-corrected chi connectivity index (χ0v) is 19.0. The van der Waals surface area contributed by atoms with Crippen LogP contribution in [0.2, 0.25) is 0 Å². The van der Waals surface area contributed by atoms with Crippen molar-refractivity contribution in [2.75, 3.05) is 32.8 Å². The minimum absolute atomic E-state index is 0.144. The van der Waals surface area contributed by atoms with Gasteiger partial charge in [-0.3, -0.25) is 9.79 Å². The van der Waals surface area contributed by atoms with Crippen molar-refractivity contribution >= 4 is 17.3 Å². The normalized spacial score (nSPS) is 22.2. The Kier molecular flexibility index (Phi) is 5.53. The Hall–Kier alpha value is -3.02. The number of hydrogen-bond donors (Lipinski definition) is 0. The number of aliphatic imine (C=N–C) groups is 1. The van der Waals surface area contributed by atoms with Gasteiger partial charge in [0.1, 0.15) is 5.75 Å². The van der Waals surface area contributed by atoms with Crippen LogP contribution in [0.25, 0.3) is 0 Å². The number of carbonyl (C=O) groups excluding carboxylic acids is 1. The summed E-state index contributed by atoms with van der Waals surface area (Å²) in [6.07, 6.45) is 6.12. The largest absolute Gasteiger partial charge is 0.495 e. The molecule has 0 aromatic heterocycles. The first-order valence-electron chi connectivity index (χ1n) is 11.5. The summed E-state index contributed by atoms with van der Waals surface area (Å²) in [7, 11) is 5.00. The lowest BCUT2D eigenvalue weighted by Gasteiger charge is -2.36. The van der Waals surface area contributed by atoms with Gasteiger partial charge in [-0.15, -0.1) is 0 Å². The highest BCUT2D eigenvalue weighted by Gasteiger charge is 2.35. The van der Waals surface area contributed by atoms with E-state index < -0.39 is 0 Å². The molecular weight excluding hydrogens is 404 g/mol. The molecule has 2 aromatic rings. The smallest absolute Gasteiger partial charge is 0.227 e. The predicted octanol–water partition coefficient (Wildman–Crippen LogP) is 4.72. The van der Waals surface area contributed by atoms with E-state index in [1.165, 1.54) is 18.4 Å². The first kappa shape index (κ1) is 20.9. The van der Waals surface area contributed by atoms with Crippen LogP contribution in [0.1, 0.15) is 61.1 Å². The molecule has 6 heteroatoms. The van der Waals surface area contributed by atoms with Crippen molar-refractivity contribution in [1.82, 2.24) is 0 Å². The highest BCUT2D eigenvalue weighted by molar-refractivity contribution is 6.16. The molecule has 2 fully saturated rings. The number of amides is 1. The van der Waals surface area contributed by atoms with Gasteiger partial charge in [0.15, 0.2) is 11.5 Å². The van der Waals surface area contributed by atoms with Gasteiger partial charge in [-0.05, 0) is 55.2 Å². The van der Waals surface area contributed by atoms with Gasteiger partial charge in [-0.2, -0.15) is 0 Å². The minimum atomic E-state index is 0.144. The summed E-state index contributed by atoms with van der Waals surface area (Å²) in [4.78, 5) is 19.6. The van der Waals surface area contributed by atoms with Crippen molar-refractivity contribution in [1.29, 1.82) is 0 Å². The van der Waals surface area contributed by atoms with Crippen molar-refractivity contribution in [2.24, 2.45) is 4.99 Å². The summed E-state index contributed by atoms with van der Waals surface area (Å²) < 4.78 is 16.9. The molecule has 5 rings (SSSR count). The monoisotopic (exact) mass is 434 g/mol. The van der Waals surface area contributed by atoms with Crippen LogP contribution in [0, 0.1) is 0 Å². The molecule has 2 aromatic carbocycles. The molecule has 2 aliphatic heterocycles. The number of hydrogen-bond acceptors (Lipinski definition) is 5. The molecule has 0 radical (unpaired) electrons. The standard InChI is InChI=1S/C26H30N2O4/c1-30-22-11-10-16(13-21(22)28-12-6-9-25(28)29)26-19-15-24(32-3)23(31-2)14-18(19)17-7-4-5-8-20(17)27-26/h10-11,13-15,17,20H,4-9,12H2,1-3H3. The van der Waals surface area contributed by atoms with Gasteiger partial charge in [-0.1, -0.05) is 12.8 Å². The predicted molar refractivity (Wildman–Crippen MR) is 125 cm³/mol. The van der Waals surface area contributed by atoms with Crippen LogP contribution in [-0.2, 0) is 4.79 Å². The lowest BCUT2D eigenvalue weighted by molar-refractivity contribution is -0.117. The molecule has 1 saturated carbocycles. The second kappa shape index (κ2) is 8.49. The van der Waals surface area contributed by atoms with E-state index in [-0.39, 0.29) is 11.9 Å². The van der Waals surface area contributed by atoms with E-state index in [1.807, 2.05) is 17.0 Å². The number of benzene rings is 2. The number of nitrogens with zero attached hydrogens (tertiary/aromatic N) is 2. The van der Waals surface area contributed by atoms with E-state index in [2.05, 4.69) is 18.2 Å². The fraction of sp³-hybridized carbons (Fsp3) is 0.462. The molecule has 3 aliphatic rings. The van der Waals surface area contributed by atoms with Crippen molar-refractivity contribution in [3.05, 3.63) is 47.0 Å². The van der Waals surface area contributed by atoms with Gasteiger partial charge < -0.3 is 19.1 Å². The summed E-state index contributed by atoms with van der Waals surface area (Å²) in [5, 5.41) is 0. The number of methoxy groups -OCH3 is 3. The van der Waals surface area contributed by atoms with Crippen LogP contribution in [0.5, 0.6) is 17.2 Å². The molecule has 168 valence electrons. The average molecular weight is 435 g/mol. The minimum Gasteiger partial charge on any atom is -0.495 e. The molecule has 0 bridgehead atoms. The Bertz CT molecular complexity index is 1080. The van der Waals surface area contributed by atoms with Gasteiger partial charge in [0, 0.05) is 30.0 Å². The maximum atomic E-state index is 12.5. The topological polar surface area (TPSA) is 60.4 Å². The summed E-state index contributed by atoms with van der Waals surface area (Å²) in [5.41, 5.74) is 5.15. The fourth-order valence-corrected chi connectivity index (χ4v) is 5.45. The van der Waals surface area contributed by atoms with Crippen LogP contribution >= 0.6 is 0 Å². The molecular formula is C26H30N2O4. The molecule has 32 heavy (non-hydrogen) atoms. The summed E-state index contributed by atoms with van der Waals surface area (Å²) in [6.45, 7) is 0.720. The van der Waals surface area contributed by atoms with E-state index in [9.17, 15) is 4.79 Å². The Morgan fingerprint density at radius 2 is 1.66 bits per heavy atom. The average Bonchev–Trinajstić information content (AvgIpc) is 3.27. The van der Waals surface area contributed by atoms with Crippen LogP contribution in [0.3, 0.4) is 0 Å². The third-order valence-electron chi connectivity index (χ3n) is 7.05. The van der Waals surface area contributed by atoms with Crippen LogP contribution in [0.15, 0.2) is 35.3 Å². The maximum Gasteiger partial charge on any atom is 0.227 e. The fourth-order valence-electron chi connectivity index (χ4n) is 5.45. The van der Waals surface area contributed by atoms with Gasteiger partial charge in [0.2, 0.25) is 5.91 Å². The van der Waals surface area contributed by atoms with E-state index in [4.69, 9.17) is 19.2 Å². The number of carbonyl (C=O) groups is 1. The third kappa shape index (κ3) is 3.42. The second-order valence-electron chi connectivity index (χ2n) is 8.77. The Labute approximate surface area is 189 Å². The molecule has 1 aliphatic carbocycles. The van der Waals surface area contributed by atoms with Crippen molar-refractivity contribution in [3.63, 3.8) is 0 Å². The van der Waals surface area contributed by atoms with Crippen LogP contribution in [0.4, 0.5) is 5.69 Å². The molecule has 1 saturated heterocycles. The molecule has 6 nitrogen and oxygen atoms in total. The van der Waals surface area contributed by atoms with Gasteiger partial charge in [0.25, 0.3) is 0 Å². The van der Waals surface area contributed by atoms with E-state index in [1.54, 1.807) is 21.3 Å². The Balaban J connectivity index is 1.66. The molecule has 2 heterocycles. The van der Waals surface area contributed by atoms with E-state index in [0.29, 0.717) is 23.8 Å². The molecule has 2 unspecified atom stereocenters. The summed E-state index contributed by atoms with van der Waals surface area (Å²) >= 11 is 0. The first-order chi connectivity index (χ1) is 15.6. The van der Waals surface area contributed by atoms with Gasteiger partial charge in [-0.25, -0.2) is 0 Å². The number of ether oxygens (including phenoxy) is 3. The summed E-state index contributed by atoms with van der Waals surface area (Å²) in [5.74, 6) is 2.72. The number of fused-ring (bicyclic) bond motifs is 3.